The second kappa shape index (κ2) is 5.82. The van der Waals surface area contributed by atoms with Gasteiger partial charge in [0.15, 0.2) is 0 Å². The maximum Gasteiger partial charge on any atom is 0.328 e. The van der Waals surface area contributed by atoms with Gasteiger partial charge < -0.3 is 5.11 Å². The lowest BCUT2D eigenvalue weighted by Crippen LogP contribution is -1.89. The van der Waals surface area contributed by atoms with Crippen LogP contribution in [0.3, 0.4) is 0 Å². The van der Waals surface area contributed by atoms with Gasteiger partial charge in [-0.05, 0) is 29.2 Å². The van der Waals surface area contributed by atoms with Gasteiger partial charge in [0.2, 0.25) is 0 Å². The van der Waals surface area contributed by atoms with Crippen molar-refractivity contribution in [2.24, 2.45) is 0 Å². The molecule has 90 valence electrons. The molecular formula is C16H14O2. The zero-order valence-electron chi connectivity index (χ0n) is 9.91. The molecule has 0 saturated heterocycles. The van der Waals surface area contributed by atoms with Gasteiger partial charge in [-0.2, -0.15) is 0 Å². The molecule has 0 aliphatic carbocycles. The van der Waals surface area contributed by atoms with E-state index in [0.29, 0.717) is 0 Å². The highest BCUT2D eigenvalue weighted by atomic mass is 16.4. The first kappa shape index (κ1) is 12.1. The molecular weight excluding hydrogens is 224 g/mol. The van der Waals surface area contributed by atoms with Crippen LogP contribution in [0.2, 0.25) is 0 Å². The fourth-order valence-corrected chi connectivity index (χ4v) is 1.81. The lowest BCUT2D eigenvalue weighted by molar-refractivity contribution is -0.131. The molecule has 0 aliphatic heterocycles. The summed E-state index contributed by atoms with van der Waals surface area (Å²) >= 11 is 0. The smallest absolute Gasteiger partial charge is 0.328 e. The number of carboxylic acid groups (broad SMARTS) is 1. The molecule has 2 nitrogen and oxygen atoms in total. The third-order valence-corrected chi connectivity index (χ3v) is 2.62. The molecule has 0 radical (unpaired) electrons. The van der Waals surface area contributed by atoms with Crippen LogP contribution in [0.25, 0.3) is 6.08 Å². The Morgan fingerprint density at radius 3 is 2.44 bits per heavy atom. The molecule has 0 atom stereocenters. The van der Waals surface area contributed by atoms with E-state index < -0.39 is 5.97 Å². The van der Waals surface area contributed by atoms with E-state index in [1.54, 1.807) is 6.08 Å². The van der Waals surface area contributed by atoms with Gasteiger partial charge in [-0.1, -0.05) is 54.6 Å². The number of benzene rings is 2. The zero-order valence-corrected chi connectivity index (χ0v) is 9.91. The summed E-state index contributed by atoms with van der Waals surface area (Å²) in [7, 11) is 0. The molecule has 0 fully saturated rings. The van der Waals surface area contributed by atoms with E-state index in [0.717, 1.165) is 18.1 Å². The van der Waals surface area contributed by atoms with Crippen molar-refractivity contribution in [1.82, 2.24) is 0 Å². The highest BCUT2D eigenvalue weighted by molar-refractivity contribution is 5.85. The molecule has 0 heterocycles. The highest BCUT2D eigenvalue weighted by Gasteiger charge is 1.97. The SMILES string of the molecule is O=C(O)/C=C/c1cccc(Cc2ccccc2)c1. The Labute approximate surface area is 106 Å². The number of aliphatic carboxylic acids is 1. The number of carboxylic acids is 1. The molecule has 0 bridgehead atoms. The van der Waals surface area contributed by atoms with Crippen molar-refractivity contribution in [3.8, 4) is 0 Å². The summed E-state index contributed by atoms with van der Waals surface area (Å²) in [6.45, 7) is 0. The van der Waals surface area contributed by atoms with Crippen molar-refractivity contribution < 1.29 is 9.90 Å². The van der Waals surface area contributed by atoms with Crippen LogP contribution in [0.5, 0.6) is 0 Å². The van der Waals surface area contributed by atoms with Gasteiger partial charge in [-0.15, -0.1) is 0 Å². The molecule has 0 aliphatic rings. The van der Waals surface area contributed by atoms with Gasteiger partial charge >= 0.3 is 5.97 Å². The average molecular weight is 238 g/mol. The van der Waals surface area contributed by atoms with Gasteiger partial charge in [0, 0.05) is 6.08 Å². The van der Waals surface area contributed by atoms with Crippen molar-refractivity contribution >= 4 is 12.0 Å². The van der Waals surface area contributed by atoms with Gasteiger partial charge in [-0.3, -0.25) is 0 Å². The largest absolute Gasteiger partial charge is 0.478 e. The van der Waals surface area contributed by atoms with Crippen LogP contribution >= 0.6 is 0 Å². The van der Waals surface area contributed by atoms with Crippen molar-refractivity contribution in [3.63, 3.8) is 0 Å². The lowest BCUT2D eigenvalue weighted by Gasteiger charge is -2.03. The fourth-order valence-electron chi connectivity index (χ4n) is 1.81. The summed E-state index contributed by atoms with van der Waals surface area (Å²) in [6.07, 6.45) is 3.62. The van der Waals surface area contributed by atoms with Crippen LogP contribution in [0.1, 0.15) is 16.7 Å². The number of hydrogen-bond acceptors (Lipinski definition) is 1. The molecule has 0 aromatic heterocycles. The van der Waals surface area contributed by atoms with Crippen LogP contribution in [-0.4, -0.2) is 11.1 Å². The van der Waals surface area contributed by atoms with Crippen LogP contribution < -0.4 is 0 Å². The maximum atomic E-state index is 10.5. The Balaban J connectivity index is 2.15. The lowest BCUT2D eigenvalue weighted by atomic mass is 10.0. The number of carbonyl (C=O) groups is 1. The summed E-state index contributed by atoms with van der Waals surface area (Å²) < 4.78 is 0. The Morgan fingerprint density at radius 1 is 1.00 bits per heavy atom. The van der Waals surface area contributed by atoms with E-state index in [9.17, 15) is 4.79 Å². The minimum Gasteiger partial charge on any atom is -0.478 e. The van der Waals surface area contributed by atoms with Crippen LogP contribution in [0.4, 0.5) is 0 Å². The predicted molar refractivity (Wildman–Crippen MR) is 72.4 cm³/mol. The third kappa shape index (κ3) is 3.59. The van der Waals surface area contributed by atoms with Crippen molar-refractivity contribution in [3.05, 3.63) is 77.4 Å². The second-order valence-electron chi connectivity index (χ2n) is 4.08. The van der Waals surface area contributed by atoms with Gasteiger partial charge in [0.25, 0.3) is 0 Å². The molecule has 2 rings (SSSR count). The molecule has 2 heteroatoms. The third-order valence-electron chi connectivity index (χ3n) is 2.62. The van der Waals surface area contributed by atoms with E-state index in [-0.39, 0.29) is 0 Å². The molecule has 2 aromatic carbocycles. The quantitative estimate of drug-likeness (QED) is 0.829. The Kier molecular flexibility index (Phi) is 3.92. The van der Waals surface area contributed by atoms with Crippen LogP contribution in [0.15, 0.2) is 60.7 Å². The molecule has 0 saturated carbocycles. The standard InChI is InChI=1S/C16H14O2/c17-16(18)10-9-14-7-4-8-15(12-14)11-13-5-2-1-3-6-13/h1-10,12H,11H2,(H,17,18)/b10-9+. The number of hydrogen-bond donors (Lipinski definition) is 1. The average Bonchev–Trinajstić information content (AvgIpc) is 2.38. The summed E-state index contributed by atoms with van der Waals surface area (Å²) in [5.41, 5.74) is 3.33. The summed E-state index contributed by atoms with van der Waals surface area (Å²) in [5.74, 6) is -0.927. The van der Waals surface area contributed by atoms with E-state index in [1.165, 1.54) is 11.1 Å². The van der Waals surface area contributed by atoms with E-state index in [2.05, 4.69) is 12.1 Å². The first-order valence-electron chi connectivity index (χ1n) is 5.78. The summed E-state index contributed by atoms with van der Waals surface area (Å²) in [6, 6.07) is 18.1. The predicted octanol–water partition coefficient (Wildman–Crippen LogP) is 3.38. The second-order valence-corrected chi connectivity index (χ2v) is 4.08. The number of rotatable bonds is 4. The Hall–Kier alpha value is -2.35. The van der Waals surface area contributed by atoms with Crippen LogP contribution in [-0.2, 0) is 11.2 Å². The van der Waals surface area contributed by atoms with Crippen molar-refractivity contribution in [2.75, 3.05) is 0 Å². The highest BCUT2D eigenvalue weighted by Crippen LogP contribution is 2.12. The Morgan fingerprint density at radius 2 is 1.72 bits per heavy atom. The Bertz CT molecular complexity index is 556. The first-order valence-corrected chi connectivity index (χ1v) is 5.78. The van der Waals surface area contributed by atoms with Crippen molar-refractivity contribution in [1.29, 1.82) is 0 Å². The normalized spacial score (nSPS) is 10.7. The molecule has 0 amide bonds. The van der Waals surface area contributed by atoms with Crippen molar-refractivity contribution in [2.45, 2.75) is 6.42 Å². The molecule has 0 unspecified atom stereocenters. The molecule has 18 heavy (non-hydrogen) atoms. The maximum absolute atomic E-state index is 10.5. The minimum absolute atomic E-state index is 0.857. The monoisotopic (exact) mass is 238 g/mol. The van der Waals surface area contributed by atoms with Gasteiger partial charge in [0.1, 0.15) is 0 Å². The van der Waals surface area contributed by atoms with Gasteiger partial charge in [-0.25, -0.2) is 4.79 Å². The molecule has 2 aromatic rings. The van der Waals surface area contributed by atoms with Gasteiger partial charge in [0.05, 0.1) is 0 Å². The fraction of sp³-hybridized carbons (Fsp3) is 0.0625. The van der Waals surface area contributed by atoms with E-state index >= 15 is 0 Å². The summed E-state index contributed by atoms with van der Waals surface area (Å²) in [5, 5.41) is 8.59. The van der Waals surface area contributed by atoms with E-state index in [1.807, 2.05) is 42.5 Å². The zero-order chi connectivity index (χ0) is 12.8. The summed E-state index contributed by atoms with van der Waals surface area (Å²) in [4.78, 5) is 10.5. The van der Waals surface area contributed by atoms with E-state index in [4.69, 9.17) is 5.11 Å². The minimum atomic E-state index is -0.927. The topological polar surface area (TPSA) is 37.3 Å². The van der Waals surface area contributed by atoms with Crippen LogP contribution in [0, 0.1) is 0 Å². The first-order chi connectivity index (χ1) is 8.74. The molecule has 0 spiro atoms. The molecule has 1 N–H and O–H groups in total.